The fourth-order valence-corrected chi connectivity index (χ4v) is 1.32. The molecule has 0 radical (unpaired) electrons. The van der Waals surface area contributed by atoms with Gasteiger partial charge in [-0.1, -0.05) is 11.6 Å². The number of pyridine rings is 1. The topological polar surface area (TPSA) is 29.3 Å². The molecule has 0 fully saturated rings. The first-order valence-corrected chi connectivity index (χ1v) is 3.99. The molecule has 0 aromatic carbocycles. The number of hydrogen-bond acceptors (Lipinski definition) is 2. The van der Waals surface area contributed by atoms with Crippen LogP contribution in [0.1, 0.15) is 0 Å². The molecule has 0 aliphatic heterocycles. The Morgan fingerprint density at radius 1 is 1.50 bits per heavy atom. The summed E-state index contributed by atoms with van der Waals surface area (Å²) in [6.07, 6.45) is 3.63. The number of nitrogens with one attached hydrogen (secondary N) is 1. The standard InChI is InChI=1S/C8H8ClN3/c1-10-6-2-3-7-8(9)11-5-12(7)4-6/h2-5,10H,1H3. The summed E-state index contributed by atoms with van der Waals surface area (Å²) in [6.45, 7) is 0. The van der Waals surface area contributed by atoms with Gasteiger partial charge in [-0.2, -0.15) is 0 Å². The van der Waals surface area contributed by atoms with Gasteiger partial charge < -0.3 is 9.72 Å². The highest BCUT2D eigenvalue weighted by Gasteiger charge is 1.99. The monoisotopic (exact) mass is 181 g/mol. The first kappa shape index (κ1) is 7.43. The van der Waals surface area contributed by atoms with Crippen LogP contribution in [0.3, 0.4) is 0 Å². The highest BCUT2D eigenvalue weighted by molar-refractivity contribution is 6.32. The Bertz CT molecular complexity index is 408. The van der Waals surface area contributed by atoms with E-state index in [2.05, 4.69) is 10.3 Å². The lowest BCUT2D eigenvalue weighted by molar-refractivity contribution is 1.15. The molecule has 3 nitrogen and oxygen atoms in total. The van der Waals surface area contributed by atoms with Crippen molar-refractivity contribution in [1.82, 2.24) is 9.38 Å². The number of rotatable bonds is 1. The largest absolute Gasteiger partial charge is 0.387 e. The van der Waals surface area contributed by atoms with Gasteiger partial charge in [0.05, 0.1) is 11.2 Å². The normalized spacial score (nSPS) is 10.5. The third-order valence-corrected chi connectivity index (χ3v) is 2.06. The van der Waals surface area contributed by atoms with E-state index in [1.54, 1.807) is 6.33 Å². The maximum absolute atomic E-state index is 5.82. The lowest BCUT2D eigenvalue weighted by Gasteiger charge is -1.99. The maximum Gasteiger partial charge on any atom is 0.154 e. The van der Waals surface area contributed by atoms with Gasteiger partial charge in [-0.05, 0) is 12.1 Å². The number of imidazole rings is 1. The number of fused-ring (bicyclic) bond motifs is 1. The Kier molecular flexibility index (Phi) is 1.66. The smallest absolute Gasteiger partial charge is 0.154 e. The van der Waals surface area contributed by atoms with Gasteiger partial charge in [-0.3, -0.25) is 0 Å². The fourth-order valence-electron chi connectivity index (χ4n) is 1.11. The Hall–Kier alpha value is -1.22. The van der Waals surface area contributed by atoms with Crippen LogP contribution in [-0.4, -0.2) is 16.4 Å². The van der Waals surface area contributed by atoms with E-state index in [1.165, 1.54) is 0 Å². The zero-order valence-electron chi connectivity index (χ0n) is 6.58. The molecule has 0 spiro atoms. The first-order chi connectivity index (χ1) is 5.81. The molecular formula is C8H8ClN3. The van der Waals surface area contributed by atoms with Gasteiger partial charge in [0.15, 0.2) is 5.15 Å². The van der Waals surface area contributed by atoms with Gasteiger partial charge in [0, 0.05) is 13.2 Å². The predicted octanol–water partition coefficient (Wildman–Crippen LogP) is 2.03. The summed E-state index contributed by atoms with van der Waals surface area (Å²) in [5, 5.41) is 3.58. The molecule has 12 heavy (non-hydrogen) atoms. The zero-order valence-corrected chi connectivity index (χ0v) is 7.34. The van der Waals surface area contributed by atoms with Crippen molar-refractivity contribution in [3.8, 4) is 0 Å². The highest BCUT2D eigenvalue weighted by Crippen LogP contribution is 2.17. The summed E-state index contributed by atoms with van der Waals surface area (Å²) in [4.78, 5) is 3.97. The quantitative estimate of drug-likeness (QED) is 0.730. The minimum absolute atomic E-state index is 0.539. The third-order valence-electron chi connectivity index (χ3n) is 1.77. The molecule has 2 rings (SSSR count). The minimum atomic E-state index is 0.539. The van der Waals surface area contributed by atoms with E-state index in [9.17, 15) is 0 Å². The molecule has 0 saturated heterocycles. The van der Waals surface area contributed by atoms with Crippen LogP contribution in [0.25, 0.3) is 5.52 Å². The molecule has 2 heterocycles. The molecule has 62 valence electrons. The Morgan fingerprint density at radius 2 is 2.33 bits per heavy atom. The second kappa shape index (κ2) is 2.68. The van der Waals surface area contributed by atoms with Gasteiger partial charge in [-0.25, -0.2) is 4.98 Å². The maximum atomic E-state index is 5.82. The van der Waals surface area contributed by atoms with Crippen LogP contribution in [0, 0.1) is 0 Å². The highest BCUT2D eigenvalue weighted by atomic mass is 35.5. The van der Waals surface area contributed by atoms with Crippen LogP contribution in [0.2, 0.25) is 5.15 Å². The summed E-state index contributed by atoms with van der Waals surface area (Å²) >= 11 is 5.82. The molecule has 2 aromatic rings. The number of halogens is 1. The molecular weight excluding hydrogens is 174 g/mol. The fraction of sp³-hybridized carbons (Fsp3) is 0.125. The number of nitrogens with zero attached hydrogens (tertiary/aromatic N) is 2. The predicted molar refractivity (Wildman–Crippen MR) is 49.7 cm³/mol. The van der Waals surface area contributed by atoms with Crippen LogP contribution in [0.15, 0.2) is 24.7 Å². The summed E-state index contributed by atoms with van der Waals surface area (Å²) in [5.41, 5.74) is 1.97. The van der Waals surface area contributed by atoms with Crippen LogP contribution >= 0.6 is 11.6 Å². The average molecular weight is 182 g/mol. The van der Waals surface area contributed by atoms with Crippen LogP contribution in [-0.2, 0) is 0 Å². The van der Waals surface area contributed by atoms with Crippen LogP contribution in [0.4, 0.5) is 5.69 Å². The zero-order chi connectivity index (χ0) is 8.55. The van der Waals surface area contributed by atoms with E-state index in [0.717, 1.165) is 11.2 Å². The summed E-state index contributed by atoms with van der Waals surface area (Å²) < 4.78 is 1.88. The third kappa shape index (κ3) is 1.02. The molecule has 0 unspecified atom stereocenters. The lowest BCUT2D eigenvalue weighted by atomic mass is 10.4. The summed E-state index contributed by atoms with van der Waals surface area (Å²) in [6, 6.07) is 3.89. The van der Waals surface area contributed by atoms with Crippen molar-refractivity contribution < 1.29 is 0 Å². The van der Waals surface area contributed by atoms with Gasteiger partial charge >= 0.3 is 0 Å². The van der Waals surface area contributed by atoms with Crippen molar-refractivity contribution in [2.75, 3.05) is 12.4 Å². The molecule has 0 aliphatic rings. The van der Waals surface area contributed by atoms with Crippen molar-refractivity contribution in [1.29, 1.82) is 0 Å². The number of hydrogen-bond donors (Lipinski definition) is 1. The van der Waals surface area contributed by atoms with Crippen molar-refractivity contribution in [2.45, 2.75) is 0 Å². The van der Waals surface area contributed by atoms with Crippen molar-refractivity contribution >= 4 is 22.8 Å². The van der Waals surface area contributed by atoms with E-state index >= 15 is 0 Å². The Morgan fingerprint density at radius 3 is 3.08 bits per heavy atom. The van der Waals surface area contributed by atoms with E-state index < -0.39 is 0 Å². The van der Waals surface area contributed by atoms with E-state index in [-0.39, 0.29) is 0 Å². The van der Waals surface area contributed by atoms with Crippen molar-refractivity contribution in [3.05, 3.63) is 29.8 Å². The molecule has 0 amide bonds. The SMILES string of the molecule is CNc1ccc2c(Cl)ncn2c1. The number of anilines is 1. The molecule has 0 atom stereocenters. The van der Waals surface area contributed by atoms with Gasteiger partial charge in [0.1, 0.15) is 6.33 Å². The van der Waals surface area contributed by atoms with Gasteiger partial charge in [0.2, 0.25) is 0 Å². The van der Waals surface area contributed by atoms with Crippen molar-refractivity contribution in [3.63, 3.8) is 0 Å². The second-order valence-electron chi connectivity index (χ2n) is 2.50. The summed E-state index contributed by atoms with van der Waals surface area (Å²) in [7, 11) is 1.87. The van der Waals surface area contributed by atoms with Gasteiger partial charge in [-0.15, -0.1) is 0 Å². The average Bonchev–Trinajstić information content (AvgIpc) is 2.47. The van der Waals surface area contributed by atoms with E-state index in [0.29, 0.717) is 5.15 Å². The Labute approximate surface area is 75.0 Å². The second-order valence-corrected chi connectivity index (χ2v) is 2.85. The first-order valence-electron chi connectivity index (χ1n) is 3.61. The summed E-state index contributed by atoms with van der Waals surface area (Å²) in [5.74, 6) is 0. The lowest BCUT2D eigenvalue weighted by Crippen LogP contribution is -1.90. The number of aromatic nitrogens is 2. The molecule has 1 N–H and O–H groups in total. The van der Waals surface area contributed by atoms with Crippen molar-refractivity contribution in [2.24, 2.45) is 0 Å². The molecule has 0 bridgehead atoms. The molecule has 2 aromatic heterocycles. The van der Waals surface area contributed by atoms with Gasteiger partial charge in [0.25, 0.3) is 0 Å². The molecule has 0 aliphatic carbocycles. The molecule has 0 saturated carbocycles. The van der Waals surface area contributed by atoms with Crippen LogP contribution < -0.4 is 5.32 Å². The van der Waals surface area contributed by atoms with E-state index in [1.807, 2.05) is 29.8 Å². The van der Waals surface area contributed by atoms with E-state index in [4.69, 9.17) is 11.6 Å². The molecule has 4 heteroatoms. The van der Waals surface area contributed by atoms with Crippen LogP contribution in [0.5, 0.6) is 0 Å². The Balaban J connectivity index is 2.69. The minimum Gasteiger partial charge on any atom is -0.387 e.